The molecule has 2 N–H and O–H groups in total. The Morgan fingerprint density at radius 2 is 2.00 bits per heavy atom. The van der Waals surface area contributed by atoms with Crippen LogP contribution in [0.5, 0.6) is 0 Å². The summed E-state index contributed by atoms with van der Waals surface area (Å²) >= 11 is 0. The molecule has 4 nitrogen and oxygen atoms in total. The van der Waals surface area contributed by atoms with Gasteiger partial charge in [-0.15, -0.1) is 0 Å². The summed E-state index contributed by atoms with van der Waals surface area (Å²) in [6.45, 7) is 7.12. The predicted octanol–water partition coefficient (Wildman–Crippen LogP) is 3.02. The number of carboxylic acid groups (broad SMARTS) is 1. The Hall–Kier alpha value is -1.81. The molecule has 1 aromatic heterocycles. The van der Waals surface area contributed by atoms with Crippen LogP contribution >= 0.6 is 0 Å². The highest BCUT2D eigenvalue weighted by molar-refractivity contribution is 5.95. The van der Waals surface area contributed by atoms with Crippen LogP contribution in [0.25, 0.3) is 10.9 Å². The summed E-state index contributed by atoms with van der Waals surface area (Å²) in [7, 11) is 0. The lowest BCUT2D eigenvalue weighted by Crippen LogP contribution is -2.15. The second-order valence-electron chi connectivity index (χ2n) is 6.10. The summed E-state index contributed by atoms with van der Waals surface area (Å²) in [6.07, 6.45) is 2.65. The number of aromatic carboxylic acids is 1. The summed E-state index contributed by atoms with van der Waals surface area (Å²) in [5.74, 6) is -0.902. The van der Waals surface area contributed by atoms with Crippen molar-refractivity contribution in [3.8, 4) is 0 Å². The number of aromatic nitrogens is 1. The molecule has 0 bridgehead atoms. The van der Waals surface area contributed by atoms with Crippen molar-refractivity contribution in [1.29, 1.82) is 0 Å². The van der Waals surface area contributed by atoms with Gasteiger partial charge in [-0.25, -0.2) is 4.79 Å². The van der Waals surface area contributed by atoms with Gasteiger partial charge >= 0.3 is 5.97 Å². The minimum absolute atomic E-state index is 0.140. The molecule has 0 amide bonds. The number of rotatable bonds is 4. The van der Waals surface area contributed by atoms with Gasteiger partial charge in [0.2, 0.25) is 0 Å². The van der Waals surface area contributed by atoms with Gasteiger partial charge in [-0.05, 0) is 35.6 Å². The van der Waals surface area contributed by atoms with Crippen LogP contribution in [0, 0.1) is 0 Å². The maximum absolute atomic E-state index is 11.3. The van der Waals surface area contributed by atoms with Crippen molar-refractivity contribution in [2.45, 2.75) is 39.2 Å². The molecule has 20 heavy (non-hydrogen) atoms. The average Bonchev–Trinajstić information content (AvgIpc) is 2.76. The molecule has 2 rings (SSSR count). The van der Waals surface area contributed by atoms with E-state index in [-0.39, 0.29) is 12.0 Å². The SMILES string of the molecule is CC(C)(C)c1cc(C(=O)O)cc2ccn(CCCO)c12. The summed E-state index contributed by atoms with van der Waals surface area (Å²) in [6, 6.07) is 5.41. The van der Waals surface area contributed by atoms with Crippen LogP contribution < -0.4 is 0 Å². The molecule has 0 unspecified atom stereocenters. The van der Waals surface area contributed by atoms with E-state index < -0.39 is 5.97 Å². The smallest absolute Gasteiger partial charge is 0.335 e. The van der Waals surface area contributed by atoms with Crippen molar-refractivity contribution in [1.82, 2.24) is 4.57 Å². The minimum atomic E-state index is -0.902. The number of nitrogens with zero attached hydrogens (tertiary/aromatic N) is 1. The molecule has 0 fully saturated rings. The molecule has 1 aromatic carbocycles. The third-order valence-corrected chi connectivity index (χ3v) is 3.47. The highest BCUT2D eigenvalue weighted by atomic mass is 16.4. The Kier molecular flexibility index (Phi) is 3.86. The fourth-order valence-electron chi connectivity index (χ4n) is 2.47. The fraction of sp³-hybridized carbons (Fsp3) is 0.438. The highest BCUT2D eigenvalue weighted by Crippen LogP contribution is 2.32. The van der Waals surface area contributed by atoms with E-state index in [1.807, 2.05) is 12.3 Å². The van der Waals surface area contributed by atoms with Gasteiger partial charge in [-0.2, -0.15) is 0 Å². The van der Waals surface area contributed by atoms with Gasteiger partial charge in [0.05, 0.1) is 11.1 Å². The molecule has 108 valence electrons. The summed E-state index contributed by atoms with van der Waals surface area (Å²) in [5.41, 5.74) is 2.27. The molecule has 0 spiro atoms. The lowest BCUT2D eigenvalue weighted by molar-refractivity contribution is 0.0697. The van der Waals surface area contributed by atoms with Gasteiger partial charge in [-0.3, -0.25) is 0 Å². The molecular weight excluding hydrogens is 254 g/mol. The lowest BCUT2D eigenvalue weighted by Gasteiger charge is -2.22. The number of carbonyl (C=O) groups is 1. The van der Waals surface area contributed by atoms with E-state index in [9.17, 15) is 9.90 Å². The highest BCUT2D eigenvalue weighted by Gasteiger charge is 2.21. The molecule has 2 aromatic rings. The number of aliphatic hydroxyl groups is 1. The van der Waals surface area contributed by atoms with Crippen molar-refractivity contribution >= 4 is 16.9 Å². The minimum Gasteiger partial charge on any atom is -0.478 e. The number of carboxylic acids is 1. The Labute approximate surface area is 118 Å². The zero-order chi connectivity index (χ0) is 14.9. The van der Waals surface area contributed by atoms with Crippen LogP contribution in [0.1, 0.15) is 43.1 Å². The molecule has 4 heteroatoms. The molecule has 0 aliphatic carbocycles. The lowest BCUT2D eigenvalue weighted by atomic mass is 9.84. The van der Waals surface area contributed by atoms with E-state index in [1.165, 1.54) is 0 Å². The van der Waals surface area contributed by atoms with Crippen LogP contribution in [0.4, 0.5) is 0 Å². The number of fused-ring (bicyclic) bond motifs is 1. The zero-order valence-electron chi connectivity index (χ0n) is 12.2. The molecular formula is C16H21NO3. The van der Waals surface area contributed by atoms with E-state index in [0.717, 1.165) is 23.0 Å². The number of aryl methyl sites for hydroxylation is 1. The van der Waals surface area contributed by atoms with Gasteiger partial charge in [0.25, 0.3) is 0 Å². The number of aliphatic hydroxyl groups excluding tert-OH is 1. The third-order valence-electron chi connectivity index (χ3n) is 3.47. The van der Waals surface area contributed by atoms with E-state index in [0.29, 0.717) is 12.0 Å². The Morgan fingerprint density at radius 3 is 2.55 bits per heavy atom. The van der Waals surface area contributed by atoms with Crippen LogP contribution in [0.2, 0.25) is 0 Å². The van der Waals surface area contributed by atoms with Crippen LogP contribution in [-0.4, -0.2) is 27.4 Å². The third kappa shape index (κ3) is 2.70. The van der Waals surface area contributed by atoms with Crippen LogP contribution in [0.15, 0.2) is 24.4 Å². The van der Waals surface area contributed by atoms with E-state index >= 15 is 0 Å². The van der Waals surface area contributed by atoms with Gasteiger partial charge in [0.1, 0.15) is 0 Å². The van der Waals surface area contributed by atoms with E-state index in [2.05, 4.69) is 25.3 Å². The van der Waals surface area contributed by atoms with Crippen molar-refractivity contribution in [3.05, 3.63) is 35.5 Å². The topological polar surface area (TPSA) is 62.5 Å². The van der Waals surface area contributed by atoms with Crippen molar-refractivity contribution in [2.75, 3.05) is 6.61 Å². The molecule has 0 radical (unpaired) electrons. The first-order valence-corrected chi connectivity index (χ1v) is 6.82. The van der Waals surface area contributed by atoms with Gasteiger partial charge in [0, 0.05) is 24.7 Å². The molecule has 0 atom stereocenters. The van der Waals surface area contributed by atoms with Crippen molar-refractivity contribution in [2.24, 2.45) is 0 Å². The second-order valence-corrected chi connectivity index (χ2v) is 6.10. The van der Waals surface area contributed by atoms with Gasteiger partial charge < -0.3 is 14.8 Å². The maximum Gasteiger partial charge on any atom is 0.335 e. The van der Waals surface area contributed by atoms with Gasteiger partial charge in [-0.1, -0.05) is 20.8 Å². The molecule has 0 saturated heterocycles. The molecule has 0 aliphatic rings. The zero-order valence-corrected chi connectivity index (χ0v) is 12.2. The quantitative estimate of drug-likeness (QED) is 0.901. The number of hydrogen-bond donors (Lipinski definition) is 2. The first kappa shape index (κ1) is 14.6. The predicted molar refractivity (Wildman–Crippen MR) is 79.3 cm³/mol. The summed E-state index contributed by atoms with van der Waals surface area (Å²) in [5, 5.41) is 19.2. The molecule has 0 aliphatic heterocycles. The maximum atomic E-state index is 11.3. The first-order chi connectivity index (χ1) is 9.34. The fourth-order valence-corrected chi connectivity index (χ4v) is 2.47. The Morgan fingerprint density at radius 1 is 1.30 bits per heavy atom. The van der Waals surface area contributed by atoms with Crippen molar-refractivity contribution < 1.29 is 15.0 Å². The van der Waals surface area contributed by atoms with Crippen LogP contribution in [-0.2, 0) is 12.0 Å². The van der Waals surface area contributed by atoms with Gasteiger partial charge in [0.15, 0.2) is 0 Å². The number of benzene rings is 1. The second kappa shape index (κ2) is 5.29. The van der Waals surface area contributed by atoms with E-state index in [4.69, 9.17) is 5.11 Å². The van der Waals surface area contributed by atoms with Crippen molar-refractivity contribution in [3.63, 3.8) is 0 Å². The summed E-state index contributed by atoms with van der Waals surface area (Å²) < 4.78 is 2.10. The number of hydrogen-bond acceptors (Lipinski definition) is 2. The monoisotopic (exact) mass is 275 g/mol. The largest absolute Gasteiger partial charge is 0.478 e. The Balaban J connectivity index is 2.68. The standard InChI is InChI=1S/C16H21NO3/c1-16(2,3)13-10-12(15(19)20)9-11-5-7-17(14(11)13)6-4-8-18/h5,7,9-10,18H,4,6,8H2,1-3H3,(H,19,20). The average molecular weight is 275 g/mol. The van der Waals surface area contributed by atoms with Crippen LogP contribution in [0.3, 0.4) is 0 Å². The molecule has 0 saturated carbocycles. The molecule has 1 heterocycles. The Bertz CT molecular complexity index is 635. The first-order valence-electron chi connectivity index (χ1n) is 6.82. The summed E-state index contributed by atoms with van der Waals surface area (Å²) in [4.78, 5) is 11.3. The van der Waals surface area contributed by atoms with E-state index in [1.54, 1.807) is 12.1 Å². The normalized spacial score (nSPS) is 12.0.